The van der Waals surface area contributed by atoms with Crippen molar-refractivity contribution >= 4 is 17.5 Å². The van der Waals surface area contributed by atoms with Crippen molar-refractivity contribution < 1.29 is 14.5 Å². The minimum atomic E-state index is -0.506. The quantitative estimate of drug-likeness (QED) is 0.531. The first kappa shape index (κ1) is 21.6. The Bertz CT molecular complexity index is 890. The maximum atomic E-state index is 12.5. The van der Waals surface area contributed by atoms with Crippen LogP contribution in [-0.4, -0.2) is 34.6 Å². The van der Waals surface area contributed by atoms with Crippen molar-refractivity contribution in [1.29, 1.82) is 0 Å². The summed E-state index contributed by atoms with van der Waals surface area (Å²) in [5.41, 5.74) is 2.74. The normalized spacial score (nSPS) is 16.8. The van der Waals surface area contributed by atoms with Gasteiger partial charge in [-0.15, -0.1) is 0 Å². The van der Waals surface area contributed by atoms with E-state index in [0.717, 1.165) is 24.1 Å². The van der Waals surface area contributed by atoms with E-state index < -0.39 is 10.5 Å². The first-order valence-corrected chi connectivity index (χ1v) is 10.3. The molecule has 160 valence electrons. The average Bonchev–Trinajstić information content (AvgIpc) is 2.71. The van der Waals surface area contributed by atoms with E-state index in [2.05, 4.69) is 11.4 Å². The van der Waals surface area contributed by atoms with Gasteiger partial charge in [0.1, 0.15) is 5.60 Å². The SMILES string of the molecule is CC(C)(C)OC(=O)N1CCCC(c2ccccc2NCc2ccc([N+](=O)[O-])cc2)C1. The van der Waals surface area contributed by atoms with Gasteiger partial charge >= 0.3 is 6.09 Å². The second-order valence-electron chi connectivity index (χ2n) is 8.63. The van der Waals surface area contributed by atoms with Crippen molar-refractivity contribution in [2.75, 3.05) is 18.4 Å². The molecule has 0 radical (unpaired) electrons. The Morgan fingerprint density at radius 2 is 1.90 bits per heavy atom. The smallest absolute Gasteiger partial charge is 0.410 e. The largest absolute Gasteiger partial charge is 0.444 e. The van der Waals surface area contributed by atoms with Gasteiger partial charge in [0.2, 0.25) is 0 Å². The molecule has 0 saturated carbocycles. The number of hydrogen-bond acceptors (Lipinski definition) is 5. The van der Waals surface area contributed by atoms with Crippen molar-refractivity contribution in [2.24, 2.45) is 0 Å². The zero-order chi connectivity index (χ0) is 21.7. The van der Waals surface area contributed by atoms with Crippen molar-refractivity contribution in [1.82, 2.24) is 4.90 Å². The van der Waals surface area contributed by atoms with Gasteiger partial charge in [0, 0.05) is 43.4 Å². The predicted molar refractivity (Wildman–Crippen MR) is 117 cm³/mol. The van der Waals surface area contributed by atoms with Crippen LogP contribution in [0.4, 0.5) is 16.2 Å². The molecule has 7 nitrogen and oxygen atoms in total. The molecule has 2 aromatic carbocycles. The van der Waals surface area contributed by atoms with Gasteiger partial charge in [0.05, 0.1) is 4.92 Å². The van der Waals surface area contributed by atoms with E-state index in [0.29, 0.717) is 19.6 Å². The third-order valence-electron chi connectivity index (χ3n) is 5.10. The molecule has 1 unspecified atom stereocenters. The number of amides is 1. The first-order valence-electron chi connectivity index (χ1n) is 10.3. The molecular weight excluding hydrogens is 382 g/mol. The highest BCUT2D eigenvalue weighted by Gasteiger charge is 2.29. The number of anilines is 1. The van der Waals surface area contributed by atoms with Crippen LogP contribution >= 0.6 is 0 Å². The van der Waals surface area contributed by atoms with E-state index in [4.69, 9.17) is 4.74 Å². The zero-order valence-electron chi connectivity index (χ0n) is 17.8. The number of rotatable bonds is 5. The number of hydrogen-bond donors (Lipinski definition) is 1. The molecule has 0 aromatic heterocycles. The number of carbonyl (C=O) groups is 1. The van der Waals surface area contributed by atoms with Crippen molar-refractivity contribution in [2.45, 2.75) is 51.7 Å². The molecule has 7 heteroatoms. The second kappa shape index (κ2) is 9.15. The summed E-state index contributed by atoms with van der Waals surface area (Å²) in [6.45, 7) is 7.55. The summed E-state index contributed by atoms with van der Waals surface area (Å²) in [4.78, 5) is 24.7. The minimum Gasteiger partial charge on any atom is -0.444 e. The number of ether oxygens (including phenoxy) is 1. The molecule has 1 aliphatic heterocycles. The highest BCUT2D eigenvalue weighted by molar-refractivity contribution is 5.68. The molecule has 2 aromatic rings. The van der Waals surface area contributed by atoms with E-state index >= 15 is 0 Å². The number of piperidine rings is 1. The van der Waals surface area contributed by atoms with E-state index in [1.54, 1.807) is 17.0 Å². The molecular formula is C23H29N3O4. The van der Waals surface area contributed by atoms with Crippen LogP contribution in [0.3, 0.4) is 0 Å². The number of benzene rings is 2. The fourth-order valence-corrected chi connectivity index (χ4v) is 3.67. The van der Waals surface area contributed by atoms with Gasteiger partial charge in [0.15, 0.2) is 0 Å². The van der Waals surface area contributed by atoms with Crippen LogP contribution in [0.1, 0.15) is 50.7 Å². The Morgan fingerprint density at radius 3 is 2.57 bits per heavy atom. The lowest BCUT2D eigenvalue weighted by Crippen LogP contribution is -2.42. The van der Waals surface area contributed by atoms with E-state index in [1.165, 1.54) is 17.7 Å². The zero-order valence-corrected chi connectivity index (χ0v) is 17.8. The van der Waals surface area contributed by atoms with Crippen molar-refractivity contribution in [3.8, 4) is 0 Å². The topological polar surface area (TPSA) is 84.7 Å². The lowest BCUT2D eigenvalue weighted by Gasteiger charge is -2.35. The number of nitrogens with one attached hydrogen (secondary N) is 1. The molecule has 1 fully saturated rings. The number of non-ortho nitro benzene ring substituents is 1. The van der Waals surface area contributed by atoms with Crippen LogP contribution in [0.2, 0.25) is 0 Å². The van der Waals surface area contributed by atoms with Crippen LogP contribution in [0.25, 0.3) is 0 Å². The molecule has 1 heterocycles. The molecule has 3 rings (SSSR count). The summed E-state index contributed by atoms with van der Waals surface area (Å²) < 4.78 is 5.55. The molecule has 1 saturated heterocycles. The molecule has 1 N–H and O–H groups in total. The summed E-state index contributed by atoms with van der Waals surface area (Å²) in [6, 6.07) is 14.7. The van der Waals surface area contributed by atoms with Crippen molar-refractivity contribution in [3.63, 3.8) is 0 Å². The van der Waals surface area contributed by atoms with E-state index in [9.17, 15) is 14.9 Å². The Labute approximate surface area is 177 Å². The molecule has 1 aliphatic rings. The monoisotopic (exact) mass is 411 g/mol. The standard InChI is InChI=1S/C23H29N3O4/c1-23(2,3)30-22(27)25-14-6-7-18(16-25)20-8-4-5-9-21(20)24-15-17-10-12-19(13-11-17)26(28)29/h4-5,8-13,18,24H,6-7,14-16H2,1-3H3. The maximum Gasteiger partial charge on any atom is 0.410 e. The first-order chi connectivity index (χ1) is 14.2. The fourth-order valence-electron chi connectivity index (χ4n) is 3.67. The number of para-hydroxylation sites is 1. The third kappa shape index (κ3) is 5.72. The van der Waals surface area contributed by atoms with Gasteiger partial charge in [-0.1, -0.05) is 30.3 Å². The van der Waals surface area contributed by atoms with Crippen molar-refractivity contribution in [3.05, 3.63) is 69.8 Å². The van der Waals surface area contributed by atoms with Gasteiger partial charge in [-0.25, -0.2) is 4.79 Å². The maximum absolute atomic E-state index is 12.5. The number of nitro groups is 1. The molecule has 30 heavy (non-hydrogen) atoms. The highest BCUT2D eigenvalue weighted by Crippen LogP contribution is 2.32. The predicted octanol–water partition coefficient (Wildman–Crippen LogP) is 5.32. The Morgan fingerprint density at radius 1 is 1.20 bits per heavy atom. The summed E-state index contributed by atoms with van der Waals surface area (Å²) in [5.74, 6) is 0.229. The van der Waals surface area contributed by atoms with Gasteiger partial charge in [0.25, 0.3) is 5.69 Å². The van der Waals surface area contributed by atoms with Gasteiger partial charge in [-0.3, -0.25) is 10.1 Å². The Balaban J connectivity index is 1.68. The lowest BCUT2D eigenvalue weighted by molar-refractivity contribution is -0.384. The Kier molecular flexibility index (Phi) is 6.59. The number of nitrogens with zero attached hydrogens (tertiary/aromatic N) is 2. The van der Waals surface area contributed by atoms with Crippen LogP contribution in [0.5, 0.6) is 0 Å². The lowest BCUT2D eigenvalue weighted by atomic mass is 9.89. The highest BCUT2D eigenvalue weighted by atomic mass is 16.6. The van der Waals surface area contributed by atoms with Gasteiger partial charge in [-0.05, 0) is 50.8 Å². The third-order valence-corrected chi connectivity index (χ3v) is 5.10. The van der Waals surface area contributed by atoms with E-state index in [1.807, 2.05) is 39.0 Å². The fraction of sp³-hybridized carbons (Fsp3) is 0.435. The summed E-state index contributed by atoms with van der Waals surface area (Å²) in [6.07, 6.45) is 1.68. The molecule has 1 amide bonds. The number of nitro benzene ring substituents is 1. The van der Waals surface area contributed by atoms with Crippen LogP contribution < -0.4 is 5.32 Å². The number of carbonyl (C=O) groups excluding carboxylic acids is 1. The second-order valence-corrected chi connectivity index (χ2v) is 8.63. The molecule has 0 bridgehead atoms. The van der Waals surface area contributed by atoms with Crippen LogP contribution in [0.15, 0.2) is 48.5 Å². The van der Waals surface area contributed by atoms with Crippen LogP contribution in [-0.2, 0) is 11.3 Å². The summed E-state index contributed by atoms with van der Waals surface area (Å²) >= 11 is 0. The average molecular weight is 412 g/mol. The molecule has 0 spiro atoms. The molecule has 1 atom stereocenters. The van der Waals surface area contributed by atoms with Gasteiger partial charge in [-0.2, -0.15) is 0 Å². The summed E-state index contributed by atoms with van der Waals surface area (Å²) in [7, 11) is 0. The van der Waals surface area contributed by atoms with E-state index in [-0.39, 0.29) is 17.7 Å². The van der Waals surface area contributed by atoms with Crippen LogP contribution in [0, 0.1) is 10.1 Å². The Hall–Kier alpha value is -3.09. The minimum absolute atomic E-state index is 0.0867. The summed E-state index contributed by atoms with van der Waals surface area (Å²) in [5, 5.41) is 14.3. The molecule has 0 aliphatic carbocycles. The van der Waals surface area contributed by atoms with Gasteiger partial charge < -0.3 is 15.0 Å². The number of likely N-dealkylation sites (tertiary alicyclic amines) is 1.